The van der Waals surface area contributed by atoms with E-state index >= 15 is 0 Å². The highest BCUT2D eigenvalue weighted by Crippen LogP contribution is 2.38. The van der Waals surface area contributed by atoms with Gasteiger partial charge in [-0.25, -0.2) is 0 Å². The van der Waals surface area contributed by atoms with E-state index in [1.807, 2.05) is 0 Å². The van der Waals surface area contributed by atoms with Crippen molar-refractivity contribution in [2.75, 3.05) is 6.61 Å². The third-order valence-corrected chi connectivity index (χ3v) is 12.3. The summed E-state index contributed by atoms with van der Waals surface area (Å²) >= 11 is 0. The van der Waals surface area contributed by atoms with Crippen molar-refractivity contribution in [3.63, 3.8) is 0 Å². The number of nitrogens with zero attached hydrogens (tertiary/aromatic N) is 3. The lowest BCUT2D eigenvalue weighted by atomic mass is 9.82. The molecule has 4 rings (SSSR count). The number of aromatic nitrogens is 3. The van der Waals surface area contributed by atoms with Gasteiger partial charge in [0.25, 0.3) is 8.32 Å². The molecule has 0 unspecified atom stereocenters. The number of aliphatic hydroxyl groups is 1. The van der Waals surface area contributed by atoms with Gasteiger partial charge in [-0.1, -0.05) is 81.4 Å². The highest BCUT2D eigenvalue weighted by Gasteiger charge is 2.50. The molecule has 1 aromatic heterocycles. The van der Waals surface area contributed by atoms with Gasteiger partial charge in [0, 0.05) is 19.6 Å². The highest BCUT2D eigenvalue weighted by atomic mass is 28.4. The molecule has 0 aliphatic heterocycles. The van der Waals surface area contributed by atoms with Crippen LogP contribution in [0.4, 0.5) is 0 Å². The molecular formula is C27H37N3O2Si. The molecule has 6 heteroatoms. The summed E-state index contributed by atoms with van der Waals surface area (Å²) in [5.74, 6) is 2.77. The molecule has 1 fully saturated rings. The molecule has 0 atom stereocenters. The highest BCUT2D eigenvalue weighted by molar-refractivity contribution is 6.99. The third kappa shape index (κ3) is 4.70. The minimum atomic E-state index is -2.61. The smallest absolute Gasteiger partial charge is 0.261 e. The van der Waals surface area contributed by atoms with Gasteiger partial charge in [-0.3, -0.25) is 0 Å². The minimum Gasteiger partial charge on any atom is -0.400 e. The van der Waals surface area contributed by atoms with E-state index in [2.05, 4.69) is 103 Å². The van der Waals surface area contributed by atoms with Crippen LogP contribution in [0.15, 0.2) is 60.7 Å². The SMILES string of the molecule is Cn1c(CO[Si](c2ccccc2)(c2ccccc2)C(C)(C)C)nnc1C1CCC(CO)CC1. The standard InChI is InChI=1S/C27H37N3O2Si/c1-27(2,3)33(23-11-7-5-8-12-23,24-13-9-6-10-14-24)32-20-25-28-29-26(30(25)4)22-17-15-21(19-31)16-18-22/h5-14,21-22,31H,15-20H2,1-4H3. The molecule has 2 aromatic carbocycles. The number of hydrogen-bond donors (Lipinski definition) is 1. The normalized spacial score (nSPS) is 19.5. The van der Waals surface area contributed by atoms with Crippen LogP contribution in [0.5, 0.6) is 0 Å². The predicted molar refractivity (Wildman–Crippen MR) is 135 cm³/mol. The van der Waals surface area contributed by atoms with Gasteiger partial charge in [0.15, 0.2) is 5.82 Å². The molecule has 3 aromatic rings. The van der Waals surface area contributed by atoms with Crippen LogP contribution >= 0.6 is 0 Å². The van der Waals surface area contributed by atoms with Crippen LogP contribution in [0.25, 0.3) is 0 Å². The van der Waals surface area contributed by atoms with Gasteiger partial charge in [-0.15, -0.1) is 10.2 Å². The Labute approximate surface area is 199 Å². The van der Waals surface area contributed by atoms with Crippen molar-refractivity contribution < 1.29 is 9.53 Å². The molecule has 1 N–H and O–H groups in total. The fourth-order valence-corrected chi connectivity index (χ4v) is 9.90. The van der Waals surface area contributed by atoms with E-state index in [4.69, 9.17) is 4.43 Å². The predicted octanol–water partition coefficient (Wildman–Crippen LogP) is 4.16. The van der Waals surface area contributed by atoms with Gasteiger partial charge in [0.2, 0.25) is 0 Å². The molecule has 0 saturated heterocycles. The Morgan fingerprint density at radius 3 is 1.94 bits per heavy atom. The van der Waals surface area contributed by atoms with Crippen molar-refractivity contribution in [3.8, 4) is 0 Å². The monoisotopic (exact) mass is 463 g/mol. The van der Waals surface area contributed by atoms with E-state index in [9.17, 15) is 5.11 Å². The largest absolute Gasteiger partial charge is 0.400 e. The number of rotatable bonds is 7. The van der Waals surface area contributed by atoms with Crippen molar-refractivity contribution in [2.45, 2.75) is 64.0 Å². The number of hydrogen-bond acceptors (Lipinski definition) is 4. The van der Waals surface area contributed by atoms with Gasteiger partial charge in [0.1, 0.15) is 5.82 Å². The minimum absolute atomic E-state index is 0.0696. The Morgan fingerprint density at radius 1 is 0.909 bits per heavy atom. The summed E-state index contributed by atoms with van der Waals surface area (Å²) in [4.78, 5) is 0. The molecule has 0 spiro atoms. The summed E-state index contributed by atoms with van der Waals surface area (Å²) in [5.41, 5.74) is 0. The first-order valence-corrected chi connectivity index (χ1v) is 14.0. The molecule has 0 bridgehead atoms. The maximum absolute atomic E-state index is 9.46. The summed E-state index contributed by atoms with van der Waals surface area (Å²) in [6, 6.07) is 21.4. The molecule has 1 heterocycles. The fraction of sp³-hybridized carbons (Fsp3) is 0.481. The lowest BCUT2D eigenvalue weighted by Crippen LogP contribution is -2.66. The van der Waals surface area contributed by atoms with Crippen LogP contribution < -0.4 is 10.4 Å². The Morgan fingerprint density at radius 2 is 1.45 bits per heavy atom. The molecule has 1 aliphatic carbocycles. The molecule has 33 heavy (non-hydrogen) atoms. The van der Waals surface area contributed by atoms with Gasteiger partial charge in [-0.2, -0.15) is 0 Å². The van der Waals surface area contributed by atoms with Crippen LogP contribution in [0.1, 0.15) is 64.0 Å². The van der Waals surface area contributed by atoms with E-state index < -0.39 is 8.32 Å². The van der Waals surface area contributed by atoms with Crippen molar-refractivity contribution in [1.82, 2.24) is 14.8 Å². The average molecular weight is 464 g/mol. The summed E-state index contributed by atoms with van der Waals surface area (Å²) in [6.45, 7) is 7.61. The van der Waals surface area contributed by atoms with Crippen LogP contribution in [0.3, 0.4) is 0 Å². The maximum atomic E-state index is 9.46. The van der Waals surface area contributed by atoms with E-state index in [0.717, 1.165) is 37.3 Å². The second-order valence-corrected chi connectivity index (χ2v) is 14.7. The second-order valence-electron chi connectivity index (χ2n) is 10.4. The maximum Gasteiger partial charge on any atom is 0.261 e. The quantitative estimate of drug-likeness (QED) is 0.535. The van der Waals surface area contributed by atoms with E-state index in [0.29, 0.717) is 25.0 Å². The van der Waals surface area contributed by atoms with Crippen LogP contribution in [0, 0.1) is 5.92 Å². The van der Waals surface area contributed by atoms with Crippen LogP contribution in [0.2, 0.25) is 5.04 Å². The molecule has 1 saturated carbocycles. The van der Waals surface area contributed by atoms with E-state index in [1.165, 1.54) is 10.4 Å². The molecular weight excluding hydrogens is 426 g/mol. The van der Waals surface area contributed by atoms with Crippen molar-refractivity contribution in [1.29, 1.82) is 0 Å². The second kappa shape index (κ2) is 9.91. The van der Waals surface area contributed by atoms with E-state index in [-0.39, 0.29) is 5.04 Å². The van der Waals surface area contributed by atoms with Gasteiger partial charge in [-0.05, 0) is 47.0 Å². The van der Waals surface area contributed by atoms with Crippen LogP contribution in [-0.4, -0.2) is 34.8 Å². The number of aliphatic hydroxyl groups excluding tert-OH is 1. The third-order valence-electron chi connectivity index (χ3n) is 7.30. The average Bonchev–Trinajstić information content (AvgIpc) is 3.20. The topological polar surface area (TPSA) is 60.2 Å². The molecule has 1 aliphatic rings. The summed E-state index contributed by atoms with van der Waals surface area (Å²) in [7, 11) is -0.541. The lowest BCUT2D eigenvalue weighted by Gasteiger charge is -2.42. The Bertz CT molecular complexity index is 983. The summed E-state index contributed by atoms with van der Waals surface area (Å²) in [5, 5.41) is 21.1. The molecule has 0 amide bonds. The zero-order valence-electron chi connectivity index (χ0n) is 20.4. The van der Waals surface area contributed by atoms with Gasteiger partial charge < -0.3 is 14.1 Å². The van der Waals surface area contributed by atoms with E-state index in [1.54, 1.807) is 0 Å². The number of benzene rings is 2. The molecule has 5 nitrogen and oxygen atoms in total. The first kappa shape index (κ1) is 23.9. The van der Waals surface area contributed by atoms with Crippen molar-refractivity contribution in [3.05, 3.63) is 72.3 Å². The van der Waals surface area contributed by atoms with Crippen LogP contribution in [-0.2, 0) is 18.1 Å². The lowest BCUT2D eigenvalue weighted by molar-refractivity contribution is 0.180. The fourth-order valence-electron chi connectivity index (χ4n) is 5.39. The zero-order valence-corrected chi connectivity index (χ0v) is 21.4. The summed E-state index contributed by atoms with van der Waals surface area (Å²) < 4.78 is 9.19. The Balaban J connectivity index is 1.65. The van der Waals surface area contributed by atoms with Gasteiger partial charge in [0.05, 0.1) is 6.61 Å². The van der Waals surface area contributed by atoms with Crippen molar-refractivity contribution in [2.24, 2.45) is 13.0 Å². The van der Waals surface area contributed by atoms with Crippen molar-refractivity contribution >= 4 is 18.7 Å². The Kier molecular flexibility index (Phi) is 7.17. The first-order chi connectivity index (χ1) is 15.9. The Hall–Kier alpha value is -2.28. The summed E-state index contributed by atoms with van der Waals surface area (Å²) in [6.07, 6.45) is 4.24. The van der Waals surface area contributed by atoms with Gasteiger partial charge >= 0.3 is 0 Å². The zero-order chi connectivity index (χ0) is 23.5. The first-order valence-electron chi connectivity index (χ1n) is 12.1. The molecule has 176 valence electrons. The molecule has 0 radical (unpaired) electrons.